The summed E-state index contributed by atoms with van der Waals surface area (Å²) in [5.41, 5.74) is -0.0275. The minimum atomic E-state index is -0.0275. The molecule has 1 atom stereocenters. The molecule has 2 saturated heterocycles. The molecule has 3 fully saturated rings. The molecule has 0 bridgehead atoms. The molecule has 20 heavy (non-hydrogen) atoms. The van der Waals surface area contributed by atoms with Crippen molar-refractivity contribution in [2.45, 2.75) is 57.9 Å². The number of aldehydes is 1. The molecule has 3 aliphatic rings. The highest BCUT2D eigenvalue weighted by Gasteiger charge is 2.37. The lowest BCUT2D eigenvalue weighted by Gasteiger charge is -2.39. The fraction of sp³-hybridized carbons (Fsp3) is 0.941. The normalized spacial score (nSPS) is 40.2. The Labute approximate surface area is 123 Å². The molecule has 1 unspecified atom stereocenters. The maximum Gasteiger partial charge on any atom is 0.127 e. The van der Waals surface area contributed by atoms with E-state index in [2.05, 4.69) is 16.7 Å². The summed E-state index contributed by atoms with van der Waals surface area (Å²) in [5, 5.41) is 0. The molecule has 114 valence electrons. The summed E-state index contributed by atoms with van der Waals surface area (Å²) in [5.74, 6) is 0.817. The quantitative estimate of drug-likeness (QED) is 0.741. The van der Waals surface area contributed by atoms with Crippen LogP contribution in [0.3, 0.4) is 0 Å². The van der Waals surface area contributed by atoms with Gasteiger partial charge in [0.05, 0.1) is 0 Å². The number of nitrogens with zero attached hydrogens (tertiary/aromatic N) is 2. The van der Waals surface area contributed by atoms with Crippen molar-refractivity contribution in [3.63, 3.8) is 0 Å². The molecule has 0 amide bonds. The van der Waals surface area contributed by atoms with Gasteiger partial charge in [0.2, 0.25) is 0 Å². The van der Waals surface area contributed by atoms with Crippen LogP contribution in [-0.2, 0) is 4.79 Å². The van der Waals surface area contributed by atoms with Crippen LogP contribution in [0, 0.1) is 11.3 Å². The van der Waals surface area contributed by atoms with Crippen molar-refractivity contribution in [2.24, 2.45) is 11.3 Å². The standard InChI is InChI=1S/C17H30N2O/c1-15-5-7-17(14-20,8-6-15)13-18-9-3-11-19-10-2-4-16(19)12-18/h14-16H,2-13H2,1H3. The number of fused-ring (bicyclic) bond motifs is 1. The van der Waals surface area contributed by atoms with E-state index >= 15 is 0 Å². The molecular weight excluding hydrogens is 248 g/mol. The number of carbonyl (C=O) groups excluding carboxylic acids is 1. The van der Waals surface area contributed by atoms with Crippen LogP contribution in [0.2, 0.25) is 0 Å². The summed E-state index contributed by atoms with van der Waals surface area (Å²) in [7, 11) is 0. The van der Waals surface area contributed by atoms with E-state index in [1.54, 1.807) is 0 Å². The molecule has 0 spiro atoms. The van der Waals surface area contributed by atoms with Gasteiger partial charge in [-0.2, -0.15) is 0 Å². The molecule has 0 aromatic carbocycles. The Morgan fingerprint density at radius 3 is 2.60 bits per heavy atom. The van der Waals surface area contributed by atoms with Crippen molar-refractivity contribution in [1.82, 2.24) is 9.80 Å². The third-order valence-electron chi connectivity index (χ3n) is 5.95. The highest BCUT2D eigenvalue weighted by Crippen LogP contribution is 2.38. The summed E-state index contributed by atoms with van der Waals surface area (Å²) in [6, 6.07) is 0.767. The minimum Gasteiger partial charge on any atom is -0.303 e. The summed E-state index contributed by atoms with van der Waals surface area (Å²) < 4.78 is 0. The van der Waals surface area contributed by atoms with Crippen molar-refractivity contribution in [3.05, 3.63) is 0 Å². The maximum absolute atomic E-state index is 11.7. The zero-order valence-corrected chi connectivity index (χ0v) is 13.0. The Bertz CT molecular complexity index is 336. The van der Waals surface area contributed by atoms with Crippen LogP contribution >= 0.6 is 0 Å². The number of hydrogen-bond acceptors (Lipinski definition) is 3. The lowest BCUT2D eigenvalue weighted by atomic mass is 9.71. The second-order valence-electron chi connectivity index (χ2n) is 7.58. The smallest absolute Gasteiger partial charge is 0.127 e. The molecular formula is C17H30N2O. The minimum absolute atomic E-state index is 0.0275. The molecule has 0 aromatic heterocycles. The second-order valence-corrected chi connectivity index (χ2v) is 7.58. The highest BCUT2D eigenvalue weighted by molar-refractivity contribution is 5.60. The number of carbonyl (C=O) groups is 1. The van der Waals surface area contributed by atoms with Gasteiger partial charge >= 0.3 is 0 Å². The summed E-state index contributed by atoms with van der Waals surface area (Å²) >= 11 is 0. The Morgan fingerprint density at radius 1 is 1.10 bits per heavy atom. The largest absolute Gasteiger partial charge is 0.303 e. The predicted octanol–water partition coefficient (Wildman–Crippen LogP) is 2.55. The van der Waals surface area contributed by atoms with E-state index < -0.39 is 0 Å². The zero-order valence-electron chi connectivity index (χ0n) is 13.0. The first kappa shape index (κ1) is 14.5. The van der Waals surface area contributed by atoms with Gasteiger partial charge in [0, 0.05) is 24.5 Å². The lowest BCUT2D eigenvalue weighted by Crippen LogP contribution is -2.44. The molecule has 3 heteroatoms. The molecule has 2 aliphatic heterocycles. The Kier molecular flexibility index (Phi) is 4.46. The summed E-state index contributed by atoms with van der Waals surface area (Å²) in [6.07, 6.45) is 10.0. The van der Waals surface area contributed by atoms with E-state index in [9.17, 15) is 4.79 Å². The molecule has 2 heterocycles. The van der Waals surface area contributed by atoms with Crippen LogP contribution in [-0.4, -0.2) is 54.9 Å². The van der Waals surface area contributed by atoms with E-state index in [4.69, 9.17) is 0 Å². The van der Waals surface area contributed by atoms with Crippen molar-refractivity contribution in [3.8, 4) is 0 Å². The van der Waals surface area contributed by atoms with Crippen LogP contribution in [0.25, 0.3) is 0 Å². The molecule has 3 rings (SSSR count). The highest BCUT2D eigenvalue weighted by atomic mass is 16.1. The van der Waals surface area contributed by atoms with E-state index in [0.717, 1.165) is 31.3 Å². The predicted molar refractivity (Wildman–Crippen MR) is 81.8 cm³/mol. The summed E-state index contributed by atoms with van der Waals surface area (Å²) in [4.78, 5) is 17.0. The third kappa shape index (κ3) is 3.09. The summed E-state index contributed by atoms with van der Waals surface area (Å²) in [6.45, 7) is 8.31. The van der Waals surface area contributed by atoms with Crippen LogP contribution < -0.4 is 0 Å². The van der Waals surface area contributed by atoms with Crippen LogP contribution in [0.1, 0.15) is 51.9 Å². The molecule has 3 nitrogen and oxygen atoms in total. The lowest BCUT2D eigenvalue weighted by molar-refractivity contribution is -0.119. The average Bonchev–Trinajstić information content (AvgIpc) is 2.81. The first-order valence-corrected chi connectivity index (χ1v) is 8.63. The van der Waals surface area contributed by atoms with Gasteiger partial charge in [-0.05, 0) is 70.5 Å². The van der Waals surface area contributed by atoms with Gasteiger partial charge in [-0.3, -0.25) is 4.90 Å². The monoisotopic (exact) mass is 278 g/mol. The Hall–Kier alpha value is -0.410. The van der Waals surface area contributed by atoms with E-state index in [0.29, 0.717) is 0 Å². The fourth-order valence-electron chi connectivity index (χ4n) is 4.52. The molecule has 1 saturated carbocycles. The zero-order chi connectivity index (χ0) is 14.0. The van der Waals surface area contributed by atoms with Gasteiger partial charge in [0.25, 0.3) is 0 Å². The molecule has 0 N–H and O–H groups in total. The van der Waals surface area contributed by atoms with Gasteiger partial charge in [0.1, 0.15) is 6.29 Å². The van der Waals surface area contributed by atoms with Crippen molar-refractivity contribution in [2.75, 3.05) is 32.7 Å². The molecule has 1 aliphatic carbocycles. The molecule has 0 radical (unpaired) electrons. The van der Waals surface area contributed by atoms with Gasteiger partial charge in [-0.25, -0.2) is 0 Å². The van der Waals surface area contributed by atoms with Crippen LogP contribution in [0.5, 0.6) is 0 Å². The van der Waals surface area contributed by atoms with Crippen molar-refractivity contribution in [1.29, 1.82) is 0 Å². The SMILES string of the molecule is CC1CCC(C=O)(CN2CCCN3CCCC3C2)CC1. The van der Waals surface area contributed by atoms with Crippen LogP contribution in [0.15, 0.2) is 0 Å². The topological polar surface area (TPSA) is 23.6 Å². The van der Waals surface area contributed by atoms with Gasteiger partial charge < -0.3 is 9.69 Å². The van der Waals surface area contributed by atoms with Gasteiger partial charge in [0.15, 0.2) is 0 Å². The van der Waals surface area contributed by atoms with Crippen molar-refractivity contribution < 1.29 is 4.79 Å². The Balaban J connectivity index is 1.61. The Morgan fingerprint density at radius 2 is 1.85 bits per heavy atom. The van der Waals surface area contributed by atoms with Crippen LogP contribution in [0.4, 0.5) is 0 Å². The number of hydrogen-bond donors (Lipinski definition) is 0. The number of rotatable bonds is 3. The fourth-order valence-corrected chi connectivity index (χ4v) is 4.52. The van der Waals surface area contributed by atoms with Gasteiger partial charge in [-0.1, -0.05) is 6.92 Å². The average molecular weight is 278 g/mol. The van der Waals surface area contributed by atoms with Gasteiger partial charge in [-0.15, -0.1) is 0 Å². The van der Waals surface area contributed by atoms with Crippen molar-refractivity contribution >= 4 is 6.29 Å². The van der Waals surface area contributed by atoms with E-state index in [1.165, 1.54) is 64.6 Å². The van der Waals surface area contributed by atoms with E-state index in [-0.39, 0.29) is 5.41 Å². The second kappa shape index (κ2) is 6.15. The first-order valence-electron chi connectivity index (χ1n) is 8.63. The maximum atomic E-state index is 11.7. The molecule has 0 aromatic rings. The van der Waals surface area contributed by atoms with E-state index in [1.807, 2.05) is 0 Å². The first-order chi connectivity index (χ1) is 9.71. The third-order valence-corrected chi connectivity index (χ3v) is 5.95.